The Morgan fingerprint density at radius 2 is 2.05 bits per heavy atom. The quantitative estimate of drug-likeness (QED) is 0.502. The molecule has 0 saturated heterocycles. The molecule has 1 aromatic carbocycles. The summed E-state index contributed by atoms with van der Waals surface area (Å²) in [5.41, 5.74) is 4.13. The van der Waals surface area contributed by atoms with Gasteiger partial charge in [0.1, 0.15) is 0 Å². The number of rotatable bonds is 8. The maximum atomic E-state index is 11.7. The van der Waals surface area contributed by atoms with E-state index in [1.54, 1.807) is 4.90 Å². The first kappa shape index (κ1) is 17.5. The van der Waals surface area contributed by atoms with Gasteiger partial charge in [-0.1, -0.05) is 58.4 Å². The van der Waals surface area contributed by atoms with Gasteiger partial charge in [0.15, 0.2) is 0 Å². The molecule has 0 N–H and O–H groups in total. The van der Waals surface area contributed by atoms with E-state index in [0.717, 1.165) is 6.42 Å². The highest BCUT2D eigenvalue weighted by Gasteiger charge is 2.13. The Morgan fingerprint density at radius 1 is 1.33 bits per heavy atom. The van der Waals surface area contributed by atoms with Crippen LogP contribution in [-0.4, -0.2) is 17.9 Å². The zero-order valence-electron chi connectivity index (χ0n) is 14.0. The predicted molar refractivity (Wildman–Crippen MR) is 90.4 cm³/mol. The summed E-state index contributed by atoms with van der Waals surface area (Å²) < 4.78 is 0. The molecule has 1 amide bonds. The fourth-order valence-electron chi connectivity index (χ4n) is 2.69. The van der Waals surface area contributed by atoms with Crippen LogP contribution in [0.4, 0.5) is 0 Å². The molecular weight excluding hydrogens is 258 g/mol. The summed E-state index contributed by atoms with van der Waals surface area (Å²) in [6.45, 7) is 10.9. The van der Waals surface area contributed by atoms with Crippen molar-refractivity contribution >= 4 is 5.91 Å². The summed E-state index contributed by atoms with van der Waals surface area (Å²) in [4.78, 5) is 13.4. The SMILES string of the molecule is C=CC(=O)N(C)Cc1cccc(C(C)C)c1CCCCC. The Morgan fingerprint density at radius 3 is 2.62 bits per heavy atom. The number of carbonyl (C=O) groups is 1. The molecule has 0 fully saturated rings. The maximum absolute atomic E-state index is 11.7. The second-order valence-corrected chi connectivity index (χ2v) is 6.00. The highest BCUT2D eigenvalue weighted by molar-refractivity contribution is 5.86. The summed E-state index contributed by atoms with van der Waals surface area (Å²) >= 11 is 0. The van der Waals surface area contributed by atoms with Crippen molar-refractivity contribution in [1.29, 1.82) is 0 Å². The van der Waals surface area contributed by atoms with E-state index in [2.05, 4.69) is 45.5 Å². The highest BCUT2D eigenvalue weighted by Crippen LogP contribution is 2.25. The van der Waals surface area contributed by atoms with Crippen LogP contribution in [0.5, 0.6) is 0 Å². The predicted octanol–water partition coefficient (Wildman–Crippen LogP) is 4.69. The number of likely N-dealkylation sites (N-methyl/N-ethyl adjacent to an activating group) is 1. The molecule has 116 valence electrons. The van der Waals surface area contributed by atoms with Crippen LogP contribution < -0.4 is 0 Å². The van der Waals surface area contributed by atoms with Gasteiger partial charge in [0, 0.05) is 13.6 Å². The summed E-state index contributed by atoms with van der Waals surface area (Å²) in [5, 5.41) is 0. The minimum atomic E-state index is -0.0236. The summed E-state index contributed by atoms with van der Waals surface area (Å²) in [6.07, 6.45) is 6.18. The van der Waals surface area contributed by atoms with Crippen molar-refractivity contribution in [3.63, 3.8) is 0 Å². The minimum Gasteiger partial charge on any atom is -0.338 e. The lowest BCUT2D eigenvalue weighted by Crippen LogP contribution is -2.24. The van der Waals surface area contributed by atoms with Crippen molar-refractivity contribution < 1.29 is 4.79 Å². The van der Waals surface area contributed by atoms with Crippen LogP contribution in [0.1, 0.15) is 62.6 Å². The lowest BCUT2D eigenvalue weighted by Gasteiger charge is -2.21. The van der Waals surface area contributed by atoms with Gasteiger partial charge in [-0.05, 0) is 41.5 Å². The van der Waals surface area contributed by atoms with Crippen molar-refractivity contribution in [2.75, 3.05) is 7.05 Å². The van der Waals surface area contributed by atoms with Crippen LogP contribution in [0.3, 0.4) is 0 Å². The minimum absolute atomic E-state index is 0.0236. The van der Waals surface area contributed by atoms with Crippen LogP contribution in [0, 0.1) is 0 Å². The van der Waals surface area contributed by atoms with Crippen LogP contribution in [0.2, 0.25) is 0 Å². The van der Waals surface area contributed by atoms with Crippen LogP contribution >= 0.6 is 0 Å². The molecule has 0 heterocycles. The second-order valence-electron chi connectivity index (χ2n) is 6.00. The molecule has 0 bridgehead atoms. The van der Waals surface area contributed by atoms with Crippen LogP contribution in [-0.2, 0) is 17.8 Å². The second kappa shape index (κ2) is 8.66. The Labute approximate surface area is 129 Å². The average molecular weight is 287 g/mol. The van der Waals surface area contributed by atoms with Gasteiger partial charge in [0.05, 0.1) is 0 Å². The number of amides is 1. The average Bonchev–Trinajstić information content (AvgIpc) is 2.47. The Kier molecular flexibility index (Phi) is 7.21. The van der Waals surface area contributed by atoms with E-state index in [1.807, 2.05) is 7.05 Å². The monoisotopic (exact) mass is 287 g/mol. The fraction of sp³-hybridized carbons (Fsp3) is 0.526. The molecule has 1 rings (SSSR count). The van der Waals surface area contributed by atoms with E-state index in [0.29, 0.717) is 12.5 Å². The van der Waals surface area contributed by atoms with Crippen molar-refractivity contribution in [3.8, 4) is 0 Å². The van der Waals surface area contributed by atoms with Crippen molar-refractivity contribution in [2.45, 2.75) is 58.9 Å². The third kappa shape index (κ3) is 5.04. The van der Waals surface area contributed by atoms with E-state index >= 15 is 0 Å². The van der Waals surface area contributed by atoms with Gasteiger partial charge in [-0.15, -0.1) is 0 Å². The summed E-state index contributed by atoms with van der Waals surface area (Å²) in [7, 11) is 1.84. The maximum Gasteiger partial charge on any atom is 0.245 e. The highest BCUT2D eigenvalue weighted by atomic mass is 16.2. The topological polar surface area (TPSA) is 20.3 Å². The van der Waals surface area contributed by atoms with E-state index in [1.165, 1.54) is 42.0 Å². The molecule has 0 saturated carbocycles. The first-order valence-corrected chi connectivity index (χ1v) is 7.99. The Hall–Kier alpha value is -1.57. The smallest absolute Gasteiger partial charge is 0.245 e. The van der Waals surface area contributed by atoms with Crippen LogP contribution in [0.25, 0.3) is 0 Å². The first-order valence-electron chi connectivity index (χ1n) is 7.99. The molecule has 0 aromatic heterocycles. The number of unbranched alkanes of at least 4 members (excludes halogenated alkanes) is 2. The molecule has 0 atom stereocenters. The molecule has 1 aromatic rings. The third-order valence-electron chi connectivity index (χ3n) is 3.92. The number of hydrogen-bond acceptors (Lipinski definition) is 1. The number of benzene rings is 1. The normalized spacial score (nSPS) is 10.7. The first-order chi connectivity index (χ1) is 10.0. The van der Waals surface area contributed by atoms with Crippen molar-refractivity contribution in [1.82, 2.24) is 4.90 Å². The van der Waals surface area contributed by atoms with Gasteiger partial charge < -0.3 is 4.90 Å². The lowest BCUT2D eigenvalue weighted by atomic mass is 9.90. The lowest BCUT2D eigenvalue weighted by molar-refractivity contribution is -0.125. The Bertz CT molecular complexity index is 476. The van der Waals surface area contributed by atoms with Gasteiger partial charge in [-0.2, -0.15) is 0 Å². The molecule has 0 spiro atoms. The molecule has 0 radical (unpaired) electrons. The molecule has 2 heteroatoms. The van der Waals surface area contributed by atoms with Gasteiger partial charge in [-0.25, -0.2) is 0 Å². The zero-order valence-corrected chi connectivity index (χ0v) is 14.0. The summed E-state index contributed by atoms with van der Waals surface area (Å²) in [6, 6.07) is 6.49. The van der Waals surface area contributed by atoms with E-state index in [-0.39, 0.29) is 5.91 Å². The van der Waals surface area contributed by atoms with Gasteiger partial charge >= 0.3 is 0 Å². The fourth-order valence-corrected chi connectivity index (χ4v) is 2.69. The van der Waals surface area contributed by atoms with Gasteiger partial charge in [0.25, 0.3) is 0 Å². The van der Waals surface area contributed by atoms with Gasteiger partial charge in [0.2, 0.25) is 5.91 Å². The standard InChI is InChI=1S/C19H29NO/c1-6-8-9-12-18-16(14-20(5)19(21)7-2)11-10-13-17(18)15(3)4/h7,10-11,13,15H,2,6,8-9,12,14H2,1,3-5H3. The molecule has 21 heavy (non-hydrogen) atoms. The molecule has 0 unspecified atom stereocenters. The molecule has 2 nitrogen and oxygen atoms in total. The number of hydrogen-bond donors (Lipinski definition) is 0. The molecule has 0 aliphatic heterocycles. The molecular formula is C19H29NO. The van der Waals surface area contributed by atoms with E-state index in [9.17, 15) is 4.79 Å². The summed E-state index contributed by atoms with van der Waals surface area (Å²) in [5.74, 6) is 0.492. The Balaban J connectivity index is 3.02. The zero-order chi connectivity index (χ0) is 15.8. The van der Waals surface area contributed by atoms with Crippen LogP contribution in [0.15, 0.2) is 30.9 Å². The van der Waals surface area contributed by atoms with E-state index in [4.69, 9.17) is 0 Å². The van der Waals surface area contributed by atoms with Crippen molar-refractivity contribution in [3.05, 3.63) is 47.5 Å². The molecule has 0 aliphatic carbocycles. The van der Waals surface area contributed by atoms with Gasteiger partial charge in [-0.3, -0.25) is 4.79 Å². The largest absolute Gasteiger partial charge is 0.338 e. The van der Waals surface area contributed by atoms with E-state index < -0.39 is 0 Å². The van der Waals surface area contributed by atoms with Crippen molar-refractivity contribution in [2.24, 2.45) is 0 Å². The molecule has 0 aliphatic rings. The number of nitrogens with zero attached hydrogens (tertiary/aromatic N) is 1. The third-order valence-corrected chi connectivity index (χ3v) is 3.92. The number of carbonyl (C=O) groups excluding carboxylic acids is 1.